The normalized spacial score (nSPS) is 20.4. The quantitative estimate of drug-likeness (QED) is 0.627. The molecular formula is C24H30ClFN2O. The molecule has 0 spiro atoms. The number of amides is 1. The van der Waals surface area contributed by atoms with E-state index in [1.165, 1.54) is 6.07 Å². The Bertz CT molecular complexity index is 818. The Hall–Kier alpha value is -1.91. The molecule has 1 aliphatic rings. The molecule has 0 saturated heterocycles. The Labute approximate surface area is 178 Å². The fourth-order valence-corrected chi connectivity index (χ4v) is 4.79. The van der Waals surface area contributed by atoms with E-state index in [0.717, 1.165) is 37.7 Å². The number of hydrogen-bond acceptors (Lipinski definition) is 2. The first kappa shape index (κ1) is 21.8. The van der Waals surface area contributed by atoms with E-state index in [4.69, 9.17) is 11.6 Å². The molecule has 0 heterocycles. The third-order valence-electron chi connectivity index (χ3n) is 6.01. The Balaban J connectivity index is 1.47. The lowest BCUT2D eigenvalue weighted by Gasteiger charge is -2.37. The zero-order valence-corrected chi connectivity index (χ0v) is 18.0. The Morgan fingerprint density at radius 2 is 1.86 bits per heavy atom. The molecule has 1 aliphatic carbocycles. The van der Waals surface area contributed by atoms with Gasteiger partial charge in [-0.3, -0.25) is 4.79 Å². The molecule has 3 rings (SSSR count). The molecule has 156 valence electrons. The fraction of sp³-hybridized carbons (Fsp3) is 0.458. The van der Waals surface area contributed by atoms with Gasteiger partial charge in [-0.25, -0.2) is 4.39 Å². The maximum atomic E-state index is 13.7. The monoisotopic (exact) mass is 416 g/mol. The van der Waals surface area contributed by atoms with Crippen LogP contribution in [0.4, 0.5) is 4.39 Å². The van der Waals surface area contributed by atoms with Crippen LogP contribution in [-0.2, 0) is 0 Å². The fourth-order valence-electron chi connectivity index (χ4n) is 4.60. The van der Waals surface area contributed by atoms with Crippen molar-refractivity contribution in [3.05, 3.63) is 70.5 Å². The van der Waals surface area contributed by atoms with Gasteiger partial charge in [0.2, 0.25) is 0 Å². The van der Waals surface area contributed by atoms with Crippen LogP contribution in [0.25, 0.3) is 0 Å². The molecule has 1 saturated carbocycles. The largest absolute Gasteiger partial charge is 0.352 e. The van der Waals surface area contributed by atoms with Gasteiger partial charge in [-0.1, -0.05) is 42.6 Å². The van der Waals surface area contributed by atoms with Crippen molar-refractivity contribution in [3.63, 3.8) is 0 Å². The summed E-state index contributed by atoms with van der Waals surface area (Å²) in [4.78, 5) is 14.4. The number of nitrogens with zero attached hydrogens (tertiary/aromatic N) is 1. The molecule has 5 heteroatoms. The van der Waals surface area contributed by atoms with E-state index >= 15 is 0 Å². The van der Waals surface area contributed by atoms with Crippen LogP contribution in [-0.4, -0.2) is 31.4 Å². The third kappa shape index (κ3) is 6.03. The molecule has 1 N–H and O–H groups in total. The van der Waals surface area contributed by atoms with Gasteiger partial charge in [0.05, 0.1) is 0 Å². The lowest BCUT2D eigenvalue weighted by molar-refractivity contribution is 0.0947. The second-order valence-corrected chi connectivity index (χ2v) is 8.74. The Morgan fingerprint density at radius 1 is 1.14 bits per heavy atom. The average molecular weight is 417 g/mol. The summed E-state index contributed by atoms with van der Waals surface area (Å²) in [5.74, 6) is 0.920. The highest BCUT2D eigenvalue weighted by atomic mass is 35.5. The van der Waals surface area contributed by atoms with E-state index in [2.05, 4.69) is 24.3 Å². The predicted molar refractivity (Wildman–Crippen MR) is 117 cm³/mol. The lowest BCUT2D eigenvalue weighted by Crippen LogP contribution is -2.31. The van der Waals surface area contributed by atoms with Crippen LogP contribution >= 0.6 is 11.6 Å². The number of carbonyl (C=O) groups is 1. The van der Waals surface area contributed by atoms with Gasteiger partial charge >= 0.3 is 0 Å². The zero-order chi connectivity index (χ0) is 20.8. The van der Waals surface area contributed by atoms with E-state index in [1.807, 2.05) is 6.07 Å². The van der Waals surface area contributed by atoms with Gasteiger partial charge in [0, 0.05) is 23.2 Å². The molecule has 29 heavy (non-hydrogen) atoms. The van der Waals surface area contributed by atoms with E-state index in [1.54, 1.807) is 36.4 Å². The minimum Gasteiger partial charge on any atom is -0.352 e. The maximum absolute atomic E-state index is 13.7. The molecule has 2 aromatic carbocycles. The Morgan fingerprint density at radius 3 is 2.52 bits per heavy atom. The minimum absolute atomic E-state index is 0.0695. The summed E-state index contributed by atoms with van der Waals surface area (Å²) >= 11 is 5.95. The van der Waals surface area contributed by atoms with Crippen LogP contribution in [0.5, 0.6) is 0 Å². The topological polar surface area (TPSA) is 32.3 Å². The van der Waals surface area contributed by atoms with Crippen molar-refractivity contribution in [1.29, 1.82) is 0 Å². The SMILES string of the molecule is CN(C)C(c1cccc(F)c1)C1CCC(CCNC(=O)c2cccc(Cl)c2)CC1. The van der Waals surface area contributed by atoms with Crippen molar-refractivity contribution >= 4 is 17.5 Å². The number of rotatable bonds is 7. The number of hydrogen-bond donors (Lipinski definition) is 1. The molecule has 0 aromatic heterocycles. The summed E-state index contributed by atoms with van der Waals surface area (Å²) in [7, 11) is 4.15. The van der Waals surface area contributed by atoms with Crippen molar-refractivity contribution in [2.24, 2.45) is 11.8 Å². The number of halogens is 2. The third-order valence-corrected chi connectivity index (χ3v) is 6.24. The maximum Gasteiger partial charge on any atom is 0.251 e. The standard InChI is InChI=1S/C24H30ClFN2O/c1-28(2)23(19-5-4-8-22(26)16-19)18-11-9-17(10-12-18)13-14-27-24(29)20-6-3-7-21(25)15-20/h3-8,15-18,23H,9-14H2,1-2H3,(H,27,29). The van der Waals surface area contributed by atoms with Gasteiger partial charge in [0.1, 0.15) is 5.82 Å². The summed E-state index contributed by atoms with van der Waals surface area (Å²) in [6.45, 7) is 0.682. The molecule has 0 aliphatic heterocycles. The summed E-state index contributed by atoms with van der Waals surface area (Å²) < 4.78 is 13.7. The van der Waals surface area contributed by atoms with E-state index in [-0.39, 0.29) is 17.8 Å². The molecule has 1 atom stereocenters. The van der Waals surface area contributed by atoms with Gasteiger partial charge in [-0.15, -0.1) is 0 Å². The highest BCUT2D eigenvalue weighted by Crippen LogP contribution is 2.40. The van der Waals surface area contributed by atoms with E-state index < -0.39 is 0 Å². The van der Waals surface area contributed by atoms with Crippen LogP contribution in [0, 0.1) is 17.7 Å². The van der Waals surface area contributed by atoms with Gasteiger partial charge in [0.25, 0.3) is 5.91 Å². The van der Waals surface area contributed by atoms with E-state index in [9.17, 15) is 9.18 Å². The van der Waals surface area contributed by atoms with Crippen LogP contribution in [0.15, 0.2) is 48.5 Å². The van der Waals surface area contributed by atoms with Gasteiger partial charge < -0.3 is 10.2 Å². The smallest absolute Gasteiger partial charge is 0.251 e. The van der Waals surface area contributed by atoms with Gasteiger partial charge in [0.15, 0.2) is 0 Å². The summed E-state index contributed by atoms with van der Waals surface area (Å²) in [5, 5.41) is 3.58. The second kappa shape index (κ2) is 10.2. The number of nitrogens with one attached hydrogen (secondary N) is 1. The van der Waals surface area contributed by atoms with Crippen molar-refractivity contribution in [2.45, 2.75) is 38.1 Å². The van der Waals surface area contributed by atoms with Crippen LogP contribution in [0.1, 0.15) is 54.1 Å². The summed E-state index contributed by atoms with van der Waals surface area (Å²) in [6.07, 6.45) is 5.55. The molecule has 1 amide bonds. The molecule has 0 bridgehead atoms. The first-order chi connectivity index (χ1) is 13.9. The molecule has 1 fully saturated rings. The first-order valence-corrected chi connectivity index (χ1v) is 10.8. The summed E-state index contributed by atoms with van der Waals surface area (Å²) in [6, 6.07) is 14.3. The Kier molecular flexibility index (Phi) is 7.68. The van der Waals surface area contributed by atoms with Crippen molar-refractivity contribution in [2.75, 3.05) is 20.6 Å². The summed E-state index contributed by atoms with van der Waals surface area (Å²) in [5.41, 5.74) is 1.66. The second-order valence-electron chi connectivity index (χ2n) is 8.30. The molecule has 3 nitrogen and oxygen atoms in total. The highest BCUT2D eigenvalue weighted by molar-refractivity contribution is 6.30. The number of carbonyl (C=O) groups excluding carboxylic acids is 1. The van der Waals surface area contributed by atoms with Crippen molar-refractivity contribution < 1.29 is 9.18 Å². The minimum atomic E-state index is -0.168. The van der Waals surface area contributed by atoms with Gasteiger partial charge in [-0.2, -0.15) is 0 Å². The molecule has 2 aromatic rings. The van der Waals surface area contributed by atoms with Crippen LogP contribution < -0.4 is 5.32 Å². The number of benzene rings is 2. The average Bonchev–Trinajstić information content (AvgIpc) is 2.69. The molecule has 1 unspecified atom stereocenters. The molecular weight excluding hydrogens is 387 g/mol. The molecule has 0 radical (unpaired) electrons. The van der Waals surface area contributed by atoms with Crippen molar-refractivity contribution in [1.82, 2.24) is 10.2 Å². The van der Waals surface area contributed by atoms with Gasteiger partial charge in [-0.05, 0) is 81.1 Å². The highest BCUT2D eigenvalue weighted by Gasteiger charge is 2.30. The lowest BCUT2D eigenvalue weighted by atomic mass is 9.75. The predicted octanol–water partition coefficient (Wildman–Crippen LogP) is 5.71. The van der Waals surface area contributed by atoms with Crippen molar-refractivity contribution in [3.8, 4) is 0 Å². The van der Waals surface area contributed by atoms with E-state index in [0.29, 0.717) is 29.0 Å². The van der Waals surface area contributed by atoms with Crippen LogP contribution in [0.3, 0.4) is 0 Å². The zero-order valence-electron chi connectivity index (χ0n) is 17.2. The van der Waals surface area contributed by atoms with Crippen LogP contribution in [0.2, 0.25) is 5.02 Å². The first-order valence-electron chi connectivity index (χ1n) is 10.4.